The lowest BCUT2D eigenvalue weighted by molar-refractivity contribution is 0.0954. The van der Waals surface area contributed by atoms with Crippen LogP contribution < -0.4 is 10.3 Å². The topological polar surface area (TPSA) is 57.6 Å². The van der Waals surface area contributed by atoms with Gasteiger partial charge >= 0.3 is 0 Å². The van der Waals surface area contributed by atoms with Crippen molar-refractivity contribution in [3.8, 4) is 0 Å². The van der Waals surface area contributed by atoms with Crippen molar-refractivity contribution < 1.29 is 4.79 Å². The van der Waals surface area contributed by atoms with E-state index in [2.05, 4.69) is 44.7 Å². The zero-order valence-electron chi connectivity index (χ0n) is 13.9. The highest BCUT2D eigenvalue weighted by Gasteiger charge is 2.11. The fraction of sp³-hybridized carbons (Fsp3) is 0.316. The zero-order valence-corrected chi connectivity index (χ0v) is 13.9. The number of carbonyl (C=O) groups excluding carboxylic acids is 1. The minimum absolute atomic E-state index is 0.257. The highest BCUT2D eigenvalue weighted by molar-refractivity contribution is 6.01. The molecule has 124 valence electrons. The molecule has 1 aromatic heterocycles. The van der Waals surface area contributed by atoms with Gasteiger partial charge in [0.1, 0.15) is 0 Å². The third kappa shape index (κ3) is 3.98. The fourth-order valence-electron chi connectivity index (χ4n) is 2.83. The van der Waals surface area contributed by atoms with E-state index in [1.54, 1.807) is 18.3 Å². The smallest absolute Gasteiger partial charge is 0.272 e. The summed E-state index contributed by atoms with van der Waals surface area (Å²) in [4.78, 5) is 18.3. The molecule has 0 unspecified atom stereocenters. The third-order valence-electron chi connectivity index (χ3n) is 4.26. The quantitative estimate of drug-likeness (QED) is 0.694. The Bertz CT molecular complexity index is 704. The van der Waals surface area contributed by atoms with Gasteiger partial charge in [0.05, 0.1) is 11.3 Å². The highest BCUT2D eigenvalue weighted by atomic mass is 16.2. The van der Waals surface area contributed by atoms with Crippen molar-refractivity contribution in [1.29, 1.82) is 0 Å². The molecule has 3 rings (SSSR count). The SMILES string of the molecule is CC(=NNC(=O)c1cccnc1)c1ccc(N2CCCCC2)cc1. The normalized spacial score (nSPS) is 15.2. The first kappa shape index (κ1) is 16.2. The molecule has 1 saturated heterocycles. The fourth-order valence-corrected chi connectivity index (χ4v) is 2.83. The van der Waals surface area contributed by atoms with E-state index in [0.29, 0.717) is 5.56 Å². The van der Waals surface area contributed by atoms with Crippen molar-refractivity contribution in [2.24, 2.45) is 5.10 Å². The predicted molar refractivity (Wildman–Crippen MR) is 96.4 cm³/mol. The summed E-state index contributed by atoms with van der Waals surface area (Å²) >= 11 is 0. The molecule has 1 fully saturated rings. The maximum Gasteiger partial charge on any atom is 0.272 e. The van der Waals surface area contributed by atoms with Crippen LogP contribution in [0.25, 0.3) is 0 Å². The second kappa shape index (κ2) is 7.73. The number of rotatable bonds is 4. The van der Waals surface area contributed by atoms with Crippen LogP contribution in [0.3, 0.4) is 0 Å². The Hall–Kier alpha value is -2.69. The van der Waals surface area contributed by atoms with Crippen LogP contribution in [0.4, 0.5) is 5.69 Å². The molecule has 1 aromatic carbocycles. The molecule has 5 heteroatoms. The largest absolute Gasteiger partial charge is 0.372 e. The van der Waals surface area contributed by atoms with Gasteiger partial charge in [-0.2, -0.15) is 5.10 Å². The number of nitrogens with one attached hydrogen (secondary N) is 1. The molecule has 0 radical (unpaired) electrons. The molecule has 0 saturated carbocycles. The molecule has 0 spiro atoms. The van der Waals surface area contributed by atoms with Gasteiger partial charge in [0.2, 0.25) is 0 Å². The Morgan fingerprint density at radius 3 is 2.50 bits per heavy atom. The standard InChI is InChI=1S/C19H22N4O/c1-15(21-22-19(24)17-6-5-11-20-14-17)16-7-9-18(10-8-16)23-12-3-2-4-13-23/h5-11,14H,2-4,12-13H2,1H3,(H,22,24). The molecule has 1 aliphatic rings. The number of anilines is 1. The monoisotopic (exact) mass is 322 g/mol. The molecule has 2 aromatic rings. The maximum absolute atomic E-state index is 12.0. The van der Waals surface area contributed by atoms with Crippen molar-refractivity contribution in [2.45, 2.75) is 26.2 Å². The Labute approximate surface area is 142 Å². The first-order chi connectivity index (χ1) is 11.7. The van der Waals surface area contributed by atoms with Crippen molar-refractivity contribution >= 4 is 17.3 Å². The number of aromatic nitrogens is 1. The van der Waals surface area contributed by atoms with Crippen molar-refractivity contribution in [1.82, 2.24) is 10.4 Å². The van der Waals surface area contributed by atoms with Gasteiger partial charge in [-0.25, -0.2) is 5.43 Å². The molecule has 0 aliphatic carbocycles. The average molecular weight is 322 g/mol. The summed E-state index contributed by atoms with van der Waals surface area (Å²) in [6.07, 6.45) is 7.02. The molecule has 1 N–H and O–H groups in total. The van der Waals surface area contributed by atoms with E-state index in [4.69, 9.17) is 0 Å². The average Bonchev–Trinajstić information content (AvgIpc) is 2.67. The molecule has 1 aliphatic heterocycles. The van der Waals surface area contributed by atoms with Gasteiger partial charge in [0, 0.05) is 31.2 Å². The zero-order chi connectivity index (χ0) is 16.8. The number of amides is 1. The summed E-state index contributed by atoms with van der Waals surface area (Å²) < 4.78 is 0. The van der Waals surface area contributed by atoms with Crippen LogP contribution in [0.2, 0.25) is 0 Å². The van der Waals surface area contributed by atoms with Crippen molar-refractivity contribution in [3.63, 3.8) is 0 Å². The lowest BCUT2D eigenvalue weighted by Gasteiger charge is -2.28. The van der Waals surface area contributed by atoms with Crippen molar-refractivity contribution in [2.75, 3.05) is 18.0 Å². The molecular formula is C19H22N4O. The van der Waals surface area contributed by atoms with E-state index in [0.717, 1.165) is 24.4 Å². The second-order valence-corrected chi connectivity index (χ2v) is 5.97. The van der Waals surface area contributed by atoms with Crippen LogP contribution in [0.15, 0.2) is 53.9 Å². The lowest BCUT2D eigenvalue weighted by Crippen LogP contribution is -2.29. The molecular weight excluding hydrogens is 300 g/mol. The van der Waals surface area contributed by atoms with E-state index in [-0.39, 0.29) is 5.91 Å². The molecule has 0 bridgehead atoms. The van der Waals surface area contributed by atoms with E-state index < -0.39 is 0 Å². The summed E-state index contributed by atoms with van der Waals surface area (Å²) in [5.41, 5.74) is 6.10. The van der Waals surface area contributed by atoms with Crippen LogP contribution in [0.1, 0.15) is 42.1 Å². The van der Waals surface area contributed by atoms with Gasteiger partial charge < -0.3 is 4.90 Å². The number of hydrazone groups is 1. The van der Waals surface area contributed by atoms with Crippen LogP contribution in [0.5, 0.6) is 0 Å². The van der Waals surface area contributed by atoms with Gasteiger partial charge in [0.25, 0.3) is 5.91 Å². The van der Waals surface area contributed by atoms with Gasteiger partial charge in [-0.3, -0.25) is 9.78 Å². The van der Waals surface area contributed by atoms with Gasteiger partial charge in [0.15, 0.2) is 0 Å². The Morgan fingerprint density at radius 2 is 1.83 bits per heavy atom. The van der Waals surface area contributed by atoms with Crippen LogP contribution in [-0.2, 0) is 0 Å². The summed E-state index contributed by atoms with van der Waals surface area (Å²) in [7, 11) is 0. The summed E-state index contributed by atoms with van der Waals surface area (Å²) in [5, 5.41) is 4.19. The number of hydrogen-bond acceptors (Lipinski definition) is 4. The molecule has 2 heterocycles. The highest BCUT2D eigenvalue weighted by Crippen LogP contribution is 2.20. The van der Waals surface area contributed by atoms with Crippen LogP contribution in [-0.4, -0.2) is 29.7 Å². The second-order valence-electron chi connectivity index (χ2n) is 5.97. The van der Waals surface area contributed by atoms with Crippen molar-refractivity contribution in [3.05, 3.63) is 59.9 Å². The minimum Gasteiger partial charge on any atom is -0.372 e. The summed E-state index contributed by atoms with van der Waals surface area (Å²) in [6.45, 7) is 4.15. The van der Waals surface area contributed by atoms with E-state index >= 15 is 0 Å². The van der Waals surface area contributed by atoms with E-state index in [1.165, 1.54) is 31.1 Å². The molecule has 5 nitrogen and oxygen atoms in total. The Kier molecular flexibility index (Phi) is 5.21. The number of piperidine rings is 1. The molecule has 0 atom stereocenters. The molecule has 1 amide bonds. The van der Waals surface area contributed by atoms with Gasteiger partial charge in [-0.1, -0.05) is 12.1 Å². The third-order valence-corrected chi connectivity index (χ3v) is 4.26. The Morgan fingerprint density at radius 1 is 1.08 bits per heavy atom. The maximum atomic E-state index is 12.0. The summed E-state index contributed by atoms with van der Waals surface area (Å²) in [6, 6.07) is 11.8. The summed E-state index contributed by atoms with van der Waals surface area (Å²) in [5.74, 6) is -0.257. The number of benzene rings is 1. The lowest BCUT2D eigenvalue weighted by atomic mass is 10.1. The number of nitrogens with zero attached hydrogens (tertiary/aromatic N) is 3. The van der Waals surface area contributed by atoms with E-state index in [1.807, 2.05) is 6.92 Å². The first-order valence-electron chi connectivity index (χ1n) is 8.34. The Balaban J connectivity index is 1.64. The predicted octanol–water partition coefficient (Wildman–Crippen LogP) is 3.23. The van der Waals surface area contributed by atoms with Gasteiger partial charge in [-0.05, 0) is 56.0 Å². The number of hydrogen-bond donors (Lipinski definition) is 1. The van der Waals surface area contributed by atoms with Crippen LogP contribution in [0, 0.1) is 0 Å². The minimum atomic E-state index is -0.257. The van der Waals surface area contributed by atoms with Crippen LogP contribution >= 0.6 is 0 Å². The van der Waals surface area contributed by atoms with E-state index in [9.17, 15) is 4.79 Å². The van der Waals surface area contributed by atoms with Gasteiger partial charge in [-0.15, -0.1) is 0 Å². The first-order valence-corrected chi connectivity index (χ1v) is 8.34. The number of carbonyl (C=O) groups is 1. The number of pyridine rings is 1. The molecule has 24 heavy (non-hydrogen) atoms.